The van der Waals surface area contributed by atoms with Gasteiger partial charge in [-0.2, -0.15) is 0 Å². The van der Waals surface area contributed by atoms with E-state index in [1.165, 1.54) is 10.8 Å². The Balaban J connectivity index is 1.78. The molecule has 30 heavy (non-hydrogen) atoms. The van der Waals surface area contributed by atoms with Gasteiger partial charge in [0.05, 0.1) is 11.4 Å². The summed E-state index contributed by atoms with van der Waals surface area (Å²) in [4.78, 5) is 40.3. The first kappa shape index (κ1) is 24.0. The largest absolute Gasteiger partial charge is 0.444 e. The number of hydrogen-bond donors (Lipinski definition) is 1. The Hall–Kier alpha value is -2.30. The van der Waals surface area contributed by atoms with Gasteiger partial charge in [0, 0.05) is 24.8 Å². The van der Waals surface area contributed by atoms with Gasteiger partial charge in [-0.25, -0.2) is 9.36 Å². The number of rotatable bonds is 8. The summed E-state index contributed by atoms with van der Waals surface area (Å²) in [6.45, 7) is 10.3. The Bertz CT molecular complexity index is 774. The number of carbonyl (C=O) groups is 2. The van der Waals surface area contributed by atoms with Crippen molar-refractivity contribution in [2.75, 3.05) is 12.3 Å². The monoisotopic (exact) mass is 441 g/mol. The summed E-state index contributed by atoms with van der Waals surface area (Å²) in [7, 11) is 0. The van der Waals surface area contributed by atoms with Crippen molar-refractivity contribution in [1.29, 1.82) is 0 Å². The topological polar surface area (TPSA) is 120 Å². The number of nitrogens with zero attached hydrogens (tertiary/aromatic N) is 4. The maximum atomic E-state index is 12.7. The van der Waals surface area contributed by atoms with Crippen LogP contribution in [0.25, 0.3) is 0 Å². The highest BCUT2D eigenvalue weighted by atomic mass is 32.2. The summed E-state index contributed by atoms with van der Waals surface area (Å²) in [5.41, 5.74) is -0.577. The van der Waals surface area contributed by atoms with Gasteiger partial charge < -0.3 is 20.2 Å². The first-order chi connectivity index (χ1) is 13.9. The highest BCUT2D eigenvalue weighted by Crippen LogP contribution is 2.41. The molecule has 2 amide bonds. The van der Waals surface area contributed by atoms with Crippen LogP contribution in [0.5, 0.6) is 0 Å². The molecule has 0 bridgehead atoms. The lowest BCUT2D eigenvalue weighted by Crippen LogP contribution is -2.49. The quantitative estimate of drug-likeness (QED) is 0.374. The molecule has 0 radical (unpaired) electrons. The van der Waals surface area contributed by atoms with Crippen molar-refractivity contribution in [3.05, 3.63) is 22.5 Å². The van der Waals surface area contributed by atoms with Crippen LogP contribution in [0.4, 0.5) is 10.7 Å². The lowest BCUT2D eigenvalue weighted by Gasteiger charge is -2.36. The van der Waals surface area contributed by atoms with E-state index in [2.05, 4.69) is 10.3 Å². The summed E-state index contributed by atoms with van der Waals surface area (Å²) in [5.74, 6) is 0.447. The molecular formula is C19H31N5O5S. The first-order valence-electron chi connectivity index (χ1n) is 9.99. The van der Waals surface area contributed by atoms with E-state index in [0.717, 1.165) is 5.75 Å². The van der Waals surface area contributed by atoms with E-state index in [0.29, 0.717) is 32.4 Å². The van der Waals surface area contributed by atoms with E-state index in [1.54, 1.807) is 22.9 Å². The summed E-state index contributed by atoms with van der Waals surface area (Å²) in [5, 5.41) is 13.7. The fourth-order valence-corrected chi connectivity index (χ4v) is 4.57. The molecule has 10 nitrogen and oxygen atoms in total. The zero-order valence-electron chi connectivity index (χ0n) is 18.2. The number of ether oxygens (including phenoxy) is 1. The lowest BCUT2D eigenvalue weighted by atomic mass is 10.1. The normalized spacial score (nSPS) is 18.3. The third-order valence-corrected chi connectivity index (χ3v) is 6.08. The maximum absolute atomic E-state index is 12.7. The average Bonchev–Trinajstić information content (AvgIpc) is 3.19. The van der Waals surface area contributed by atoms with Gasteiger partial charge in [0.15, 0.2) is 0 Å². The summed E-state index contributed by atoms with van der Waals surface area (Å²) < 4.78 is 7.00. The molecule has 1 atom stereocenters. The minimum absolute atomic E-state index is 0.0702. The fourth-order valence-electron chi connectivity index (χ4n) is 3.29. The molecule has 11 heteroatoms. The van der Waals surface area contributed by atoms with Gasteiger partial charge in [0.1, 0.15) is 18.0 Å². The Morgan fingerprint density at radius 1 is 1.43 bits per heavy atom. The number of imidazole rings is 1. The van der Waals surface area contributed by atoms with Crippen molar-refractivity contribution >= 4 is 29.7 Å². The standard InChI is InChI=1S/C19H31N5O5S/c1-18(2,3)29-17(26)23-14(13-30-19(23,4)5)7-8-15(25)20-9-6-11-22-12-10-21-16(22)24(27)28/h10,12,14H,6-9,11,13H2,1-5H3,(H,20,25). The van der Waals surface area contributed by atoms with Crippen molar-refractivity contribution in [1.82, 2.24) is 19.8 Å². The second kappa shape index (κ2) is 9.67. The molecule has 0 saturated carbocycles. The van der Waals surface area contributed by atoms with Gasteiger partial charge in [0.25, 0.3) is 0 Å². The van der Waals surface area contributed by atoms with Crippen LogP contribution in [0.1, 0.15) is 53.9 Å². The SMILES string of the molecule is CC(C)(C)OC(=O)N1C(CCC(=O)NCCCn2ccnc2[N+](=O)[O-])CSC1(C)C. The Morgan fingerprint density at radius 3 is 2.77 bits per heavy atom. The molecular weight excluding hydrogens is 410 g/mol. The van der Waals surface area contributed by atoms with Gasteiger partial charge in [-0.3, -0.25) is 9.69 Å². The molecule has 1 aromatic rings. The molecule has 1 aromatic heterocycles. The third-order valence-electron chi connectivity index (χ3n) is 4.62. The number of amides is 2. The van der Waals surface area contributed by atoms with Crippen LogP contribution in [0.15, 0.2) is 12.4 Å². The van der Waals surface area contributed by atoms with Crippen molar-refractivity contribution in [3.63, 3.8) is 0 Å². The van der Waals surface area contributed by atoms with Gasteiger partial charge in [-0.1, -0.05) is 4.98 Å². The fraction of sp³-hybridized carbons (Fsp3) is 0.737. The number of aryl methyl sites for hydroxylation is 1. The maximum Gasteiger partial charge on any atom is 0.434 e. The molecule has 1 N–H and O–H groups in total. The minimum atomic E-state index is -0.577. The Labute approximate surface area is 180 Å². The zero-order chi connectivity index (χ0) is 22.5. The molecule has 1 unspecified atom stereocenters. The number of hydrogen-bond acceptors (Lipinski definition) is 7. The molecule has 1 aliphatic heterocycles. The Morgan fingerprint density at radius 2 is 2.13 bits per heavy atom. The van der Waals surface area contributed by atoms with Crippen molar-refractivity contribution in [3.8, 4) is 0 Å². The summed E-state index contributed by atoms with van der Waals surface area (Å²) >= 11 is 1.68. The van der Waals surface area contributed by atoms with Crippen LogP contribution in [-0.4, -0.2) is 60.2 Å². The molecule has 168 valence electrons. The summed E-state index contributed by atoms with van der Waals surface area (Å²) in [6.07, 6.45) is 3.98. The molecule has 0 spiro atoms. The van der Waals surface area contributed by atoms with E-state index in [1.807, 2.05) is 34.6 Å². The third kappa shape index (κ3) is 6.61. The second-order valence-corrected chi connectivity index (χ2v) is 10.3. The number of thioether (sulfide) groups is 1. The Kier molecular flexibility index (Phi) is 7.73. The molecule has 0 aromatic carbocycles. The van der Waals surface area contributed by atoms with Crippen LogP contribution in [0.3, 0.4) is 0 Å². The molecule has 2 heterocycles. The predicted octanol–water partition coefficient (Wildman–Crippen LogP) is 3.17. The number of aromatic nitrogens is 2. The van der Waals surface area contributed by atoms with Gasteiger partial charge >= 0.3 is 12.0 Å². The molecule has 0 aliphatic carbocycles. The molecule has 1 aliphatic rings. The van der Waals surface area contributed by atoms with E-state index in [9.17, 15) is 19.7 Å². The van der Waals surface area contributed by atoms with E-state index >= 15 is 0 Å². The van der Waals surface area contributed by atoms with Crippen LogP contribution < -0.4 is 5.32 Å². The van der Waals surface area contributed by atoms with Gasteiger partial charge in [-0.15, -0.1) is 11.8 Å². The van der Waals surface area contributed by atoms with Crippen LogP contribution in [0.2, 0.25) is 0 Å². The van der Waals surface area contributed by atoms with Gasteiger partial charge in [-0.05, 0) is 52.4 Å². The second-order valence-electron chi connectivity index (χ2n) is 8.68. The molecule has 2 rings (SSSR count). The van der Waals surface area contributed by atoms with Crippen LogP contribution in [0, 0.1) is 10.1 Å². The van der Waals surface area contributed by atoms with E-state index in [-0.39, 0.29) is 28.9 Å². The predicted molar refractivity (Wildman–Crippen MR) is 114 cm³/mol. The smallest absolute Gasteiger partial charge is 0.434 e. The number of nitrogens with one attached hydrogen (secondary N) is 1. The van der Waals surface area contributed by atoms with E-state index < -0.39 is 10.5 Å². The van der Waals surface area contributed by atoms with Crippen LogP contribution in [-0.2, 0) is 16.1 Å². The number of nitro groups is 1. The van der Waals surface area contributed by atoms with Crippen LogP contribution >= 0.6 is 11.8 Å². The zero-order valence-corrected chi connectivity index (χ0v) is 19.0. The molecule has 1 saturated heterocycles. The minimum Gasteiger partial charge on any atom is -0.444 e. The summed E-state index contributed by atoms with van der Waals surface area (Å²) in [6, 6.07) is -0.0702. The van der Waals surface area contributed by atoms with E-state index in [4.69, 9.17) is 4.74 Å². The lowest BCUT2D eigenvalue weighted by molar-refractivity contribution is -0.396. The van der Waals surface area contributed by atoms with Crippen molar-refractivity contribution in [2.45, 2.75) is 76.9 Å². The number of carbonyl (C=O) groups excluding carboxylic acids is 2. The highest BCUT2D eigenvalue weighted by molar-refractivity contribution is 8.00. The van der Waals surface area contributed by atoms with Crippen molar-refractivity contribution < 1.29 is 19.2 Å². The van der Waals surface area contributed by atoms with Crippen molar-refractivity contribution in [2.24, 2.45) is 0 Å². The first-order valence-corrected chi connectivity index (χ1v) is 11.0. The average molecular weight is 442 g/mol. The van der Waals surface area contributed by atoms with Gasteiger partial charge in [0.2, 0.25) is 5.91 Å². The molecule has 1 fully saturated rings. The highest BCUT2D eigenvalue weighted by Gasteiger charge is 2.44.